The normalized spacial score (nSPS) is 21.0. The molecule has 1 saturated heterocycles. The maximum atomic E-state index is 11.4. The van der Waals surface area contributed by atoms with Crippen LogP contribution in [0, 0.1) is 0 Å². The third-order valence-electron chi connectivity index (χ3n) is 2.98. The Morgan fingerprint density at radius 1 is 1.65 bits per heavy atom. The van der Waals surface area contributed by atoms with E-state index in [-0.39, 0.29) is 11.9 Å². The van der Waals surface area contributed by atoms with Gasteiger partial charge >= 0.3 is 0 Å². The molecule has 1 aliphatic heterocycles. The molecule has 0 bridgehead atoms. The van der Waals surface area contributed by atoms with Crippen LogP contribution in [0.5, 0.6) is 0 Å². The highest BCUT2D eigenvalue weighted by Crippen LogP contribution is 2.08. The van der Waals surface area contributed by atoms with Gasteiger partial charge in [0, 0.05) is 25.4 Å². The van der Waals surface area contributed by atoms with Gasteiger partial charge in [-0.3, -0.25) is 4.79 Å². The summed E-state index contributed by atoms with van der Waals surface area (Å²) in [4.78, 5) is 15.5. The van der Waals surface area contributed by atoms with Crippen molar-refractivity contribution < 1.29 is 9.21 Å². The Morgan fingerprint density at radius 3 is 3.29 bits per heavy atom. The van der Waals surface area contributed by atoms with E-state index >= 15 is 0 Å². The lowest BCUT2D eigenvalue weighted by Crippen LogP contribution is -2.32. The minimum Gasteiger partial charge on any atom is -0.444 e. The van der Waals surface area contributed by atoms with Crippen LogP contribution in [0.3, 0.4) is 0 Å². The molecule has 1 fully saturated rings. The Hall–Kier alpha value is -1.36. The zero-order chi connectivity index (χ0) is 12.1. The number of carbonyl (C=O) groups is 1. The standard InChI is InChI=1S/C12H19N3O2/c1-2-10-7-15-12(17-10)8-14-9-4-3-5-13-11(16)6-9/h7,9,14H,2-6,8H2,1H3,(H,13,16). The zero-order valence-electron chi connectivity index (χ0n) is 10.2. The molecule has 17 heavy (non-hydrogen) atoms. The van der Waals surface area contributed by atoms with Crippen LogP contribution in [-0.2, 0) is 17.8 Å². The molecule has 2 N–H and O–H groups in total. The number of amides is 1. The molecule has 0 saturated carbocycles. The first-order valence-corrected chi connectivity index (χ1v) is 6.21. The number of nitrogens with one attached hydrogen (secondary N) is 2. The van der Waals surface area contributed by atoms with Gasteiger partial charge in [0.25, 0.3) is 0 Å². The molecule has 2 rings (SSSR count). The van der Waals surface area contributed by atoms with Crippen molar-refractivity contribution in [2.45, 2.75) is 45.2 Å². The summed E-state index contributed by atoms with van der Waals surface area (Å²) in [5, 5.41) is 6.20. The van der Waals surface area contributed by atoms with Crippen molar-refractivity contribution in [2.24, 2.45) is 0 Å². The molecule has 0 aliphatic carbocycles. The summed E-state index contributed by atoms with van der Waals surface area (Å²) < 4.78 is 5.51. The van der Waals surface area contributed by atoms with E-state index in [0.717, 1.165) is 31.6 Å². The maximum Gasteiger partial charge on any atom is 0.221 e. The van der Waals surface area contributed by atoms with Crippen LogP contribution in [0.2, 0.25) is 0 Å². The number of aromatic nitrogens is 1. The number of hydrogen-bond donors (Lipinski definition) is 2. The number of oxazole rings is 1. The van der Waals surface area contributed by atoms with E-state index in [9.17, 15) is 4.79 Å². The van der Waals surface area contributed by atoms with Crippen molar-refractivity contribution in [3.05, 3.63) is 17.8 Å². The molecule has 2 heterocycles. The van der Waals surface area contributed by atoms with Gasteiger partial charge in [-0.1, -0.05) is 6.92 Å². The zero-order valence-corrected chi connectivity index (χ0v) is 10.2. The highest BCUT2D eigenvalue weighted by Gasteiger charge is 2.17. The van der Waals surface area contributed by atoms with E-state index in [2.05, 4.69) is 15.6 Å². The summed E-state index contributed by atoms with van der Waals surface area (Å²) in [6.45, 7) is 3.42. The predicted octanol–water partition coefficient (Wildman–Crippen LogP) is 0.995. The lowest BCUT2D eigenvalue weighted by Gasteiger charge is -2.13. The second-order valence-corrected chi connectivity index (χ2v) is 4.35. The van der Waals surface area contributed by atoms with Gasteiger partial charge < -0.3 is 15.1 Å². The molecular formula is C12H19N3O2. The summed E-state index contributed by atoms with van der Waals surface area (Å²) in [5.41, 5.74) is 0. The molecule has 1 aliphatic rings. The van der Waals surface area contributed by atoms with Crippen LogP contribution in [0.15, 0.2) is 10.6 Å². The van der Waals surface area contributed by atoms with Crippen molar-refractivity contribution in [2.75, 3.05) is 6.54 Å². The van der Waals surface area contributed by atoms with E-state index in [0.29, 0.717) is 18.9 Å². The van der Waals surface area contributed by atoms with E-state index in [1.807, 2.05) is 6.92 Å². The summed E-state index contributed by atoms with van der Waals surface area (Å²) >= 11 is 0. The monoisotopic (exact) mass is 237 g/mol. The Labute approximate surface area is 101 Å². The van der Waals surface area contributed by atoms with E-state index in [4.69, 9.17) is 4.42 Å². The van der Waals surface area contributed by atoms with E-state index < -0.39 is 0 Å². The summed E-state index contributed by atoms with van der Waals surface area (Å²) in [6.07, 6.45) is 5.20. The number of rotatable bonds is 4. The van der Waals surface area contributed by atoms with Gasteiger partial charge in [-0.15, -0.1) is 0 Å². The maximum absolute atomic E-state index is 11.4. The fraction of sp³-hybridized carbons (Fsp3) is 0.667. The van der Waals surface area contributed by atoms with Crippen molar-refractivity contribution in [1.82, 2.24) is 15.6 Å². The number of aryl methyl sites for hydroxylation is 1. The van der Waals surface area contributed by atoms with Gasteiger partial charge in [-0.05, 0) is 12.8 Å². The average molecular weight is 237 g/mol. The smallest absolute Gasteiger partial charge is 0.221 e. The van der Waals surface area contributed by atoms with Crippen LogP contribution in [0.25, 0.3) is 0 Å². The largest absolute Gasteiger partial charge is 0.444 e. The van der Waals surface area contributed by atoms with Crippen LogP contribution >= 0.6 is 0 Å². The molecule has 0 aromatic carbocycles. The number of nitrogens with zero attached hydrogens (tertiary/aromatic N) is 1. The first-order valence-electron chi connectivity index (χ1n) is 6.21. The van der Waals surface area contributed by atoms with Crippen LogP contribution in [0.4, 0.5) is 0 Å². The Kier molecular flexibility index (Phi) is 4.14. The van der Waals surface area contributed by atoms with E-state index in [1.54, 1.807) is 6.20 Å². The Balaban J connectivity index is 1.82. The van der Waals surface area contributed by atoms with Gasteiger partial charge in [-0.2, -0.15) is 0 Å². The molecule has 1 amide bonds. The SMILES string of the molecule is CCc1cnc(CNC2CCCNC(=O)C2)o1. The van der Waals surface area contributed by atoms with Crippen molar-refractivity contribution in [3.63, 3.8) is 0 Å². The molecule has 0 radical (unpaired) electrons. The summed E-state index contributed by atoms with van der Waals surface area (Å²) in [6, 6.07) is 0.231. The molecule has 1 unspecified atom stereocenters. The van der Waals surface area contributed by atoms with Gasteiger partial charge in [0.2, 0.25) is 11.8 Å². The third kappa shape index (κ3) is 3.56. The molecule has 1 aromatic rings. The van der Waals surface area contributed by atoms with Crippen molar-refractivity contribution in [3.8, 4) is 0 Å². The highest BCUT2D eigenvalue weighted by molar-refractivity contribution is 5.76. The lowest BCUT2D eigenvalue weighted by atomic mass is 10.1. The first-order chi connectivity index (χ1) is 8.28. The van der Waals surface area contributed by atoms with Gasteiger partial charge in [-0.25, -0.2) is 4.98 Å². The average Bonchev–Trinajstić information content (AvgIpc) is 2.69. The third-order valence-corrected chi connectivity index (χ3v) is 2.98. The first kappa shape index (κ1) is 12.1. The summed E-state index contributed by atoms with van der Waals surface area (Å²) in [5.74, 6) is 1.73. The van der Waals surface area contributed by atoms with Gasteiger partial charge in [0.15, 0.2) is 0 Å². The second-order valence-electron chi connectivity index (χ2n) is 4.35. The number of hydrogen-bond acceptors (Lipinski definition) is 4. The van der Waals surface area contributed by atoms with Crippen molar-refractivity contribution in [1.29, 1.82) is 0 Å². The van der Waals surface area contributed by atoms with Crippen LogP contribution in [-0.4, -0.2) is 23.5 Å². The van der Waals surface area contributed by atoms with Gasteiger partial charge in [0.1, 0.15) is 5.76 Å². The lowest BCUT2D eigenvalue weighted by molar-refractivity contribution is -0.121. The van der Waals surface area contributed by atoms with E-state index in [1.165, 1.54) is 0 Å². The molecule has 1 aromatic heterocycles. The van der Waals surface area contributed by atoms with Gasteiger partial charge in [0.05, 0.1) is 12.7 Å². The second kappa shape index (κ2) is 5.82. The van der Waals surface area contributed by atoms with Crippen LogP contribution in [0.1, 0.15) is 37.8 Å². The molecule has 5 nitrogen and oxygen atoms in total. The Bertz CT molecular complexity index is 376. The van der Waals surface area contributed by atoms with Crippen molar-refractivity contribution >= 4 is 5.91 Å². The topological polar surface area (TPSA) is 67.2 Å². The predicted molar refractivity (Wildman–Crippen MR) is 63.4 cm³/mol. The molecule has 5 heteroatoms. The Morgan fingerprint density at radius 2 is 2.53 bits per heavy atom. The molecule has 0 spiro atoms. The highest BCUT2D eigenvalue weighted by atomic mass is 16.4. The number of carbonyl (C=O) groups excluding carboxylic acids is 1. The fourth-order valence-electron chi connectivity index (χ4n) is 1.97. The molecule has 94 valence electrons. The molecule has 1 atom stereocenters. The minimum absolute atomic E-state index is 0.127. The quantitative estimate of drug-likeness (QED) is 0.819. The van der Waals surface area contributed by atoms with Crippen LogP contribution < -0.4 is 10.6 Å². The summed E-state index contributed by atoms with van der Waals surface area (Å²) in [7, 11) is 0. The molecular weight excluding hydrogens is 218 g/mol. The minimum atomic E-state index is 0.127. The fourth-order valence-corrected chi connectivity index (χ4v) is 1.97.